The van der Waals surface area contributed by atoms with E-state index in [0.717, 1.165) is 43.4 Å². The van der Waals surface area contributed by atoms with Crippen LogP contribution in [0.3, 0.4) is 0 Å². The zero-order valence-electron chi connectivity index (χ0n) is 17.9. The van der Waals surface area contributed by atoms with Gasteiger partial charge in [-0.1, -0.05) is 42.7 Å². The summed E-state index contributed by atoms with van der Waals surface area (Å²) in [6.07, 6.45) is 2.90. The first-order valence-electron chi connectivity index (χ1n) is 10.3. The van der Waals surface area contributed by atoms with E-state index < -0.39 is 0 Å². The summed E-state index contributed by atoms with van der Waals surface area (Å²) < 4.78 is 5.36. The van der Waals surface area contributed by atoms with E-state index in [9.17, 15) is 0 Å². The molecule has 1 aliphatic rings. The highest BCUT2D eigenvalue weighted by Gasteiger charge is 2.20. The lowest BCUT2D eigenvalue weighted by molar-refractivity contribution is 0.187. The molecule has 1 aliphatic heterocycles. The molecule has 0 saturated carbocycles. The van der Waals surface area contributed by atoms with Gasteiger partial charge in [0.1, 0.15) is 0 Å². The van der Waals surface area contributed by atoms with Crippen molar-refractivity contribution in [1.29, 1.82) is 0 Å². The van der Waals surface area contributed by atoms with Gasteiger partial charge in [-0.3, -0.25) is 4.99 Å². The maximum atomic E-state index is 6.03. The Bertz CT molecular complexity index is 804. The van der Waals surface area contributed by atoms with Gasteiger partial charge in [-0.15, -0.1) is 24.0 Å². The molecule has 3 rings (SSSR count). The van der Waals surface area contributed by atoms with Crippen molar-refractivity contribution in [3.05, 3.63) is 35.2 Å². The second-order valence-corrected chi connectivity index (χ2v) is 8.32. The maximum Gasteiger partial charge on any atom is 0.228 e. The van der Waals surface area contributed by atoms with Crippen molar-refractivity contribution in [3.8, 4) is 11.4 Å². The van der Waals surface area contributed by atoms with Crippen LogP contribution in [0.1, 0.15) is 32.6 Å². The molecule has 166 valence electrons. The predicted octanol–water partition coefficient (Wildman–Crippen LogP) is 3.84. The van der Waals surface area contributed by atoms with Crippen LogP contribution in [-0.4, -0.2) is 60.3 Å². The molecule has 0 amide bonds. The molecule has 2 N–H and O–H groups in total. The summed E-state index contributed by atoms with van der Waals surface area (Å²) in [5.41, 5.74) is 0.849. The van der Waals surface area contributed by atoms with Gasteiger partial charge in [-0.25, -0.2) is 0 Å². The van der Waals surface area contributed by atoms with Crippen molar-refractivity contribution in [1.82, 2.24) is 25.7 Å². The second kappa shape index (κ2) is 12.5. The summed E-state index contributed by atoms with van der Waals surface area (Å²) in [6.45, 7) is 8.68. The molecule has 0 unspecified atom stereocenters. The fourth-order valence-corrected chi connectivity index (χ4v) is 3.74. The van der Waals surface area contributed by atoms with Gasteiger partial charge in [0.05, 0.1) is 0 Å². The molecule has 1 aromatic carbocycles. The van der Waals surface area contributed by atoms with E-state index in [1.165, 1.54) is 6.54 Å². The quantitative estimate of drug-likeness (QED) is 0.312. The molecule has 0 aliphatic carbocycles. The van der Waals surface area contributed by atoms with E-state index in [4.69, 9.17) is 16.1 Å². The topological polar surface area (TPSA) is 78.6 Å². The Balaban J connectivity index is 0.00000320. The number of hydrogen-bond acceptors (Lipinski definition) is 5. The molecule has 0 radical (unpaired) electrons. The van der Waals surface area contributed by atoms with Gasteiger partial charge >= 0.3 is 0 Å². The Morgan fingerprint density at radius 3 is 2.77 bits per heavy atom. The first-order chi connectivity index (χ1) is 14.0. The highest BCUT2D eigenvalue weighted by molar-refractivity contribution is 14.0. The highest BCUT2D eigenvalue weighted by Crippen LogP contribution is 2.20. The van der Waals surface area contributed by atoms with Crippen LogP contribution < -0.4 is 10.6 Å². The molecule has 0 bridgehead atoms. The number of halogens is 2. The number of likely N-dealkylation sites (tertiary alicyclic amines) is 1. The van der Waals surface area contributed by atoms with Crippen molar-refractivity contribution < 1.29 is 4.52 Å². The van der Waals surface area contributed by atoms with E-state index in [1.807, 2.05) is 24.3 Å². The summed E-state index contributed by atoms with van der Waals surface area (Å²) in [7, 11) is 1.80. The molecule has 1 fully saturated rings. The third-order valence-electron chi connectivity index (χ3n) is 4.96. The normalized spacial score (nSPS) is 15.8. The number of benzene rings is 1. The summed E-state index contributed by atoms with van der Waals surface area (Å²) in [4.78, 5) is 11.3. The van der Waals surface area contributed by atoms with Crippen molar-refractivity contribution in [2.24, 2.45) is 10.9 Å². The summed E-state index contributed by atoms with van der Waals surface area (Å²) in [5, 5.41) is 11.6. The zero-order valence-corrected chi connectivity index (χ0v) is 21.0. The molecule has 0 atom stereocenters. The highest BCUT2D eigenvalue weighted by atomic mass is 127. The van der Waals surface area contributed by atoms with Crippen LogP contribution in [0.4, 0.5) is 0 Å². The van der Waals surface area contributed by atoms with Crippen molar-refractivity contribution in [2.45, 2.75) is 39.2 Å². The predicted molar refractivity (Wildman–Crippen MR) is 133 cm³/mol. The van der Waals surface area contributed by atoms with Crippen LogP contribution in [0.2, 0.25) is 5.02 Å². The Hall–Kier alpha value is -1.39. The number of piperidine rings is 1. The molecule has 7 nitrogen and oxygen atoms in total. The first-order valence-corrected chi connectivity index (χ1v) is 10.7. The first kappa shape index (κ1) is 24.9. The Morgan fingerprint density at radius 1 is 1.33 bits per heavy atom. The third kappa shape index (κ3) is 7.70. The molecule has 1 saturated heterocycles. The lowest BCUT2D eigenvalue weighted by atomic mass is 10.0. The zero-order chi connectivity index (χ0) is 20.6. The number of guanidine groups is 1. The smallest absolute Gasteiger partial charge is 0.228 e. The van der Waals surface area contributed by atoms with Crippen molar-refractivity contribution in [2.75, 3.05) is 33.2 Å². The van der Waals surface area contributed by atoms with Gasteiger partial charge in [0.25, 0.3) is 0 Å². The molecule has 30 heavy (non-hydrogen) atoms. The number of nitrogens with one attached hydrogen (secondary N) is 2. The van der Waals surface area contributed by atoms with Crippen LogP contribution in [0.15, 0.2) is 33.8 Å². The van der Waals surface area contributed by atoms with E-state index in [2.05, 4.69) is 44.5 Å². The average molecular weight is 547 g/mol. The molecule has 0 spiro atoms. The van der Waals surface area contributed by atoms with E-state index >= 15 is 0 Å². The van der Waals surface area contributed by atoms with Gasteiger partial charge < -0.3 is 20.1 Å². The van der Waals surface area contributed by atoms with Gasteiger partial charge in [0, 0.05) is 56.3 Å². The Kier molecular flexibility index (Phi) is 10.3. The van der Waals surface area contributed by atoms with Crippen LogP contribution in [0.25, 0.3) is 11.4 Å². The maximum absolute atomic E-state index is 6.03. The summed E-state index contributed by atoms with van der Waals surface area (Å²) in [5.74, 6) is 2.68. The lowest BCUT2D eigenvalue weighted by Gasteiger charge is -2.33. The standard InChI is InChI=1S/C21H31ClN6O.HI/c1-15(2)14-28-11-8-18(9-12-28)25-21(23-3)24-10-7-19-26-20(27-29-19)16-5-4-6-17(22)13-16;/h4-6,13,15,18H,7-12,14H2,1-3H3,(H2,23,24,25);1H. The van der Waals surface area contributed by atoms with Gasteiger partial charge in [0.15, 0.2) is 5.96 Å². The Morgan fingerprint density at radius 2 is 2.10 bits per heavy atom. The lowest BCUT2D eigenvalue weighted by Crippen LogP contribution is -2.49. The SMILES string of the molecule is CN=C(NCCc1nc(-c2cccc(Cl)c2)no1)NC1CCN(CC(C)C)CC1.I. The van der Waals surface area contributed by atoms with Crippen LogP contribution in [0, 0.1) is 5.92 Å². The van der Waals surface area contributed by atoms with Gasteiger partial charge in [0.2, 0.25) is 11.7 Å². The van der Waals surface area contributed by atoms with Gasteiger partial charge in [-0.05, 0) is 30.9 Å². The number of aliphatic imine (C=N–C) groups is 1. The minimum absolute atomic E-state index is 0. The molecular formula is C21H32ClIN6O. The number of aromatic nitrogens is 2. The largest absolute Gasteiger partial charge is 0.356 e. The minimum atomic E-state index is 0. The molecule has 2 aromatic rings. The fraction of sp³-hybridized carbons (Fsp3) is 0.571. The third-order valence-corrected chi connectivity index (χ3v) is 5.19. The monoisotopic (exact) mass is 546 g/mol. The van der Waals surface area contributed by atoms with Crippen molar-refractivity contribution in [3.63, 3.8) is 0 Å². The number of nitrogens with zero attached hydrogens (tertiary/aromatic N) is 4. The molecule has 1 aromatic heterocycles. The van der Waals surface area contributed by atoms with E-state index in [0.29, 0.717) is 35.7 Å². The van der Waals surface area contributed by atoms with Gasteiger partial charge in [-0.2, -0.15) is 4.98 Å². The summed E-state index contributed by atoms with van der Waals surface area (Å²) >= 11 is 6.03. The van der Waals surface area contributed by atoms with Crippen LogP contribution in [0.5, 0.6) is 0 Å². The molecular weight excluding hydrogens is 515 g/mol. The summed E-state index contributed by atoms with van der Waals surface area (Å²) in [6, 6.07) is 7.90. The van der Waals surface area contributed by atoms with Crippen LogP contribution in [-0.2, 0) is 6.42 Å². The van der Waals surface area contributed by atoms with Crippen LogP contribution >= 0.6 is 35.6 Å². The fourth-order valence-electron chi connectivity index (χ4n) is 3.55. The number of hydrogen-bond donors (Lipinski definition) is 2. The molecule has 9 heteroatoms. The van der Waals surface area contributed by atoms with Crippen molar-refractivity contribution >= 4 is 41.5 Å². The second-order valence-electron chi connectivity index (χ2n) is 7.88. The minimum Gasteiger partial charge on any atom is -0.356 e. The van der Waals surface area contributed by atoms with E-state index in [-0.39, 0.29) is 24.0 Å². The van der Waals surface area contributed by atoms with E-state index in [1.54, 1.807) is 7.05 Å². The average Bonchev–Trinajstić information content (AvgIpc) is 3.17. The Labute approximate surface area is 201 Å². The number of rotatable bonds is 7. The molecule has 2 heterocycles.